The fraction of sp³-hybridized carbons (Fsp3) is 0.333. The van der Waals surface area contributed by atoms with Crippen LogP contribution in [0.1, 0.15) is 15.9 Å². The molecule has 1 aliphatic rings. The third kappa shape index (κ3) is 4.09. The number of carbonyl (C=O) groups excluding carboxylic acids is 1. The van der Waals surface area contributed by atoms with Gasteiger partial charge in [0, 0.05) is 46.4 Å². The van der Waals surface area contributed by atoms with Crippen molar-refractivity contribution in [3.05, 3.63) is 53.7 Å². The van der Waals surface area contributed by atoms with Gasteiger partial charge in [-0.05, 0) is 30.7 Å². The molecule has 1 aromatic heterocycles. The van der Waals surface area contributed by atoms with Gasteiger partial charge in [-0.25, -0.2) is 0 Å². The van der Waals surface area contributed by atoms with E-state index < -0.39 is 0 Å². The summed E-state index contributed by atoms with van der Waals surface area (Å²) in [5, 5.41) is 3.62. The summed E-state index contributed by atoms with van der Waals surface area (Å²) >= 11 is 3.93. The molecule has 23 heavy (non-hydrogen) atoms. The summed E-state index contributed by atoms with van der Waals surface area (Å²) in [6.07, 6.45) is 1.78. The Hall–Kier alpha value is -1.46. The summed E-state index contributed by atoms with van der Waals surface area (Å²) < 4.78 is 0. The molecule has 1 fully saturated rings. The molecule has 2 heterocycles. The normalized spacial score (nSPS) is 17.7. The lowest BCUT2D eigenvalue weighted by molar-refractivity contribution is 0.0953. The Morgan fingerprint density at radius 2 is 2.17 bits per heavy atom. The Labute approximate surface area is 145 Å². The lowest BCUT2D eigenvalue weighted by atomic mass is 9.99. The molecule has 1 saturated heterocycles. The van der Waals surface area contributed by atoms with Gasteiger partial charge in [0.1, 0.15) is 0 Å². The molecule has 1 N–H and O–H groups in total. The average molecular weight is 345 g/mol. The minimum atomic E-state index is 0.0106. The van der Waals surface area contributed by atoms with Crippen molar-refractivity contribution in [2.45, 2.75) is 12.2 Å². The highest BCUT2D eigenvalue weighted by molar-refractivity contribution is 8.06. The SMILES string of the molecule is Cc1c(C(=O)NC[C@@H]2CSCCS2)cccc1-c1ccccn1. The second-order valence-electron chi connectivity index (χ2n) is 5.47. The summed E-state index contributed by atoms with van der Waals surface area (Å²) in [6.45, 7) is 2.73. The van der Waals surface area contributed by atoms with Gasteiger partial charge in [-0.3, -0.25) is 9.78 Å². The largest absolute Gasteiger partial charge is 0.351 e. The van der Waals surface area contributed by atoms with Crippen LogP contribution in [0.4, 0.5) is 0 Å². The molecule has 0 bridgehead atoms. The number of aromatic nitrogens is 1. The molecule has 1 amide bonds. The molecule has 1 aromatic carbocycles. The number of benzene rings is 1. The number of hydrogen-bond acceptors (Lipinski definition) is 4. The van der Waals surface area contributed by atoms with E-state index in [4.69, 9.17) is 0 Å². The molecule has 3 rings (SSSR count). The minimum Gasteiger partial charge on any atom is -0.351 e. The van der Waals surface area contributed by atoms with Crippen molar-refractivity contribution in [1.82, 2.24) is 10.3 Å². The summed E-state index contributed by atoms with van der Waals surface area (Å²) in [6, 6.07) is 11.7. The van der Waals surface area contributed by atoms with E-state index in [-0.39, 0.29) is 5.91 Å². The van der Waals surface area contributed by atoms with Crippen LogP contribution >= 0.6 is 23.5 Å². The van der Waals surface area contributed by atoms with Crippen molar-refractivity contribution in [3.8, 4) is 11.3 Å². The molecular weight excluding hydrogens is 324 g/mol. The second kappa shape index (κ2) is 7.88. The van der Waals surface area contributed by atoms with Gasteiger partial charge in [-0.2, -0.15) is 23.5 Å². The smallest absolute Gasteiger partial charge is 0.251 e. The number of amides is 1. The van der Waals surface area contributed by atoms with E-state index in [1.165, 1.54) is 11.5 Å². The number of hydrogen-bond donors (Lipinski definition) is 1. The fourth-order valence-electron chi connectivity index (χ4n) is 2.64. The summed E-state index contributed by atoms with van der Waals surface area (Å²) in [7, 11) is 0. The number of nitrogens with zero attached hydrogens (tertiary/aromatic N) is 1. The zero-order valence-corrected chi connectivity index (χ0v) is 14.8. The highest BCUT2D eigenvalue weighted by Gasteiger charge is 2.17. The molecule has 0 spiro atoms. The fourth-order valence-corrected chi connectivity index (χ4v) is 5.25. The molecule has 5 heteroatoms. The lowest BCUT2D eigenvalue weighted by Gasteiger charge is -2.21. The monoisotopic (exact) mass is 344 g/mol. The first-order valence-electron chi connectivity index (χ1n) is 7.74. The first-order chi connectivity index (χ1) is 11.3. The second-order valence-corrected chi connectivity index (χ2v) is 8.03. The van der Waals surface area contributed by atoms with Crippen molar-refractivity contribution in [2.75, 3.05) is 23.8 Å². The third-order valence-electron chi connectivity index (χ3n) is 3.89. The van der Waals surface area contributed by atoms with Crippen LogP contribution < -0.4 is 5.32 Å². The van der Waals surface area contributed by atoms with Gasteiger partial charge in [-0.1, -0.05) is 18.2 Å². The average Bonchev–Trinajstić information content (AvgIpc) is 2.61. The number of thioether (sulfide) groups is 2. The number of rotatable bonds is 4. The van der Waals surface area contributed by atoms with E-state index in [1.807, 2.05) is 66.8 Å². The van der Waals surface area contributed by atoms with Crippen LogP contribution in [-0.2, 0) is 0 Å². The molecule has 1 aliphatic heterocycles. The van der Waals surface area contributed by atoms with Crippen LogP contribution in [0, 0.1) is 6.92 Å². The van der Waals surface area contributed by atoms with Crippen LogP contribution in [0.5, 0.6) is 0 Å². The van der Waals surface area contributed by atoms with E-state index in [0.717, 1.165) is 34.7 Å². The first kappa shape index (κ1) is 16.4. The van der Waals surface area contributed by atoms with Crippen molar-refractivity contribution < 1.29 is 4.79 Å². The zero-order valence-electron chi connectivity index (χ0n) is 13.1. The quantitative estimate of drug-likeness (QED) is 0.919. The standard InChI is InChI=1S/C18H20N2OS2/c1-13-15(17-7-2-3-8-19-17)5-4-6-16(13)18(21)20-11-14-12-22-9-10-23-14/h2-8,14H,9-12H2,1H3,(H,20,21)/t14-/m1/s1. The van der Waals surface area contributed by atoms with Crippen molar-refractivity contribution >= 4 is 29.4 Å². The van der Waals surface area contributed by atoms with Crippen molar-refractivity contribution in [3.63, 3.8) is 0 Å². The molecular formula is C18H20N2OS2. The maximum Gasteiger partial charge on any atom is 0.251 e. The Balaban J connectivity index is 1.73. The number of carbonyl (C=O) groups is 1. The van der Waals surface area contributed by atoms with Crippen LogP contribution in [0.25, 0.3) is 11.3 Å². The molecule has 0 aliphatic carbocycles. The van der Waals surface area contributed by atoms with E-state index in [2.05, 4.69) is 10.3 Å². The maximum atomic E-state index is 12.5. The van der Waals surface area contributed by atoms with E-state index in [9.17, 15) is 4.79 Å². The highest BCUT2D eigenvalue weighted by Crippen LogP contribution is 2.25. The Bertz CT molecular complexity index is 670. The Morgan fingerprint density at radius 1 is 1.26 bits per heavy atom. The zero-order chi connectivity index (χ0) is 16.1. The van der Waals surface area contributed by atoms with Gasteiger partial charge in [0.25, 0.3) is 5.91 Å². The molecule has 0 saturated carbocycles. The third-order valence-corrected chi connectivity index (χ3v) is 6.74. The lowest BCUT2D eigenvalue weighted by Crippen LogP contribution is -2.33. The van der Waals surface area contributed by atoms with Gasteiger partial charge in [0.2, 0.25) is 0 Å². The molecule has 0 unspecified atom stereocenters. The van der Waals surface area contributed by atoms with Gasteiger partial charge in [0.05, 0.1) is 5.69 Å². The topological polar surface area (TPSA) is 42.0 Å². The summed E-state index contributed by atoms with van der Waals surface area (Å²) in [4.78, 5) is 16.9. The molecule has 0 radical (unpaired) electrons. The number of pyridine rings is 1. The first-order valence-corrected chi connectivity index (χ1v) is 9.94. The van der Waals surface area contributed by atoms with Crippen LogP contribution in [0.3, 0.4) is 0 Å². The van der Waals surface area contributed by atoms with E-state index >= 15 is 0 Å². The Morgan fingerprint density at radius 3 is 2.91 bits per heavy atom. The Kier molecular flexibility index (Phi) is 5.62. The van der Waals surface area contributed by atoms with Gasteiger partial charge >= 0.3 is 0 Å². The van der Waals surface area contributed by atoms with E-state index in [0.29, 0.717) is 5.25 Å². The minimum absolute atomic E-state index is 0.0106. The van der Waals surface area contributed by atoms with Crippen LogP contribution in [-0.4, -0.2) is 39.9 Å². The predicted octanol–water partition coefficient (Wildman–Crippen LogP) is 3.64. The summed E-state index contributed by atoms with van der Waals surface area (Å²) in [5.41, 5.74) is 3.63. The molecule has 2 aromatic rings. The molecule has 3 nitrogen and oxygen atoms in total. The maximum absolute atomic E-state index is 12.5. The number of nitrogens with one attached hydrogen (secondary N) is 1. The van der Waals surface area contributed by atoms with Gasteiger partial charge in [0.15, 0.2) is 0 Å². The van der Waals surface area contributed by atoms with E-state index in [1.54, 1.807) is 6.20 Å². The van der Waals surface area contributed by atoms with Gasteiger partial charge < -0.3 is 5.32 Å². The van der Waals surface area contributed by atoms with Crippen molar-refractivity contribution in [1.29, 1.82) is 0 Å². The van der Waals surface area contributed by atoms with Crippen LogP contribution in [0.15, 0.2) is 42.6 Å². The molecule has 1 atom stereocenters. The summed E-state index contributed by atoms with van der Waals surface area (Å²) in [5.74, 6) is 3.54. The predicted molar refractivity (Wildman–Crippen MR) is 100 cm³/mol. The highest BCUT2D eigenvalue weighted by atomic mass is 32.2. The van der Waals surface area contributed by atoms with Crippen molar-refractivity contribution in [2.24, 2.45) is 0 Å². The van der Waals surface area contributed by atoms with Crippen LogP contribution in [0.2, 0.25) is 0 Å². The molecule has 120 valence electrons. The van der Waals surface area contributed by atoms with Gasteiger partial charge in [-0.15, -0.1) is 0 Å².